The monoisotopic (exact) mass is 297 g/mol. The summed E-state index contributed by atoms with van der Waals surface area (Å²) in [5.74, 6) is -1.68. The van der Waals surface area contributed by atoms with E-state index in [9.17, 15) is 19.2 Å². The average Bonchev–Trinajstić information content (AvgIpc) is 2.79. The number of benzene rings is 1. The Morgan fingerprint density at radius 1 is 1.00 bits per heavy atom. The molecule has 7 nitrogen and oxygen atoms in total. The summed E-state index contributed by atoms with van der Waals surface area (Å²) in [6.45, 7) is 0.436. The molecule has 3 rings (SSSR count). The largest absolute Gasteiger partial charge is 0.328 e. The number of amides is 5. The van der Waals surface area contributed by atoms with Crippen LogP contribution in [0.3, 0.4) is 0 Å². The van der Waals surface area contributed by atoms with Gasteiger partial charge in [0.25, 0.3) is 17.7 Å². The molecule has 1 aromatic carbocycles. The number of hydrogen-bond donors (Lipinski definition) is 2. The minimum atomic E-state index is -0.846. The number of allylic oxidation sites excluding steroid dienone is 2. The van der Waals surface area contributed by atoms with Crippen LogP contribution in [0.4, 0.5) is 4.79 Å². The van der Waals surface area contributed by atoms with Gasteiger partial charge in [-0.25, -0.2) is 4.79 Å². The van der Waals surface area contributed by atoms with Crippen molar-refractivity contribution in [1.82, 2.24) is 15.5 Å². The molecule has 2 aliphatic heterocycles. The summed E-state index contributed by atoms with van der Waals surface area (Å²) in [5.41, 5.74) is 1.36. The molecule has 0 aromatic heterocycles. The van der Waals surface area contributed by atoms with Gasteiger partial charge in [0.2, 0.25) is 0 Å². The van der Waals surface area contributed by atoms with Gasteiger partial charge in [-0.3, -0.25) is 25.0 Å². The van der Waals surface area contributed by atoms with E-state index in [1.54, 1.807) is 12.1 Å². The van der Waals surface area contributed by atoms with Crippen molar-refractivity contribution < 1.29 is 19.2 Å². The van der Waals surface area contributed by atoms with Crippen LogP contribution in [0, 0.1) is 0 Å². The van der Waals surface area contributed by atoms with Crippen LogP contribution in [0.15, 0.2) is 48.2 Å². The van der Waals surface area contributed by atoms with Crippen LogP contribution < -0.4 is 10.6 Å². The molecule has 2 aliphatic rings. The lowest BCUT2D eigenvalue weighted by atomic mass is 10.1. The molecule has 1 saturated heterocycles. The van der Waals surface area contributed by atoms with E-state index in [1.165, 1.54) is 23.3 Å². The first kappa shape index (κ1) is 13.7. The number of barbiturate groups is 1. The fourth-order valence-electron chi connectivity index (χ4n) is 2.27. The van der Waals surface area contributed by atoms with Crippen molar-refractivity contribution in [2.24, 2.45) is 0 Å². The number of imide groups is 2. The molecule has 0 radical (unpaired) electrons. The average molecular weight is 297 g/mol. The molecule has 0 spiro atoms. The molecule has 1 fully saturated rings. The van der Waals surface area contributed by atoms with E-state index in [-0.39, 0.29) is 11.5 Å². The first-order chi connectivity index (χ1) is 10.6. The van der Waals surface area contributed by atoms with E-state index in [2.05, 4.69) is 0 Å². The second kappa shape index (κ2) is 5.28. The van der Waals surface area contributed by atoms with Crippen molar-refractivity contribution >= 4 is 23.8 Å². The zero-order chi connectivity index (χ0) is 15.7. The van der Waals surface area contributed by atoms with E-state index in [1.807, 2.05) is 22.8 Å². The van der Waals surface area contributed by atoms with Crippen LogP contribution in [-0.4, -0.2) is 28.7 Å². The standard InChI is InChI=1S/C15H11N3O4/c19-12-11(13(20)17-15(22)16-12)6-3-7-18-8-9-4-1-2-5-10(9)14(18)21/h1-7H,8H2,(H2,16,17,19,20,22)/b7-3+. The molecule has 0 aliphatic carbocycles. The van der Waals surface area contributed by atoms with Crippen molar-refractivity contribution in [3.8, 4) is 0 Å². The highest BCUT2D eigenvalue weighted by molar-refractivity contribution is 6.29. The predicted molar refractivity (Wildman–Crippen MR) is 75.2 cm³/mol. The SMILES string of the molecule is O=C1NC(=O)C(=C/C=C/N2Cc3ccccc3C2=O)C(=O)N1. The molecule has 1 aromatic rings. The highest BCUT2D eigenvalue weighted by Crippen LogP contribution is 2.22. The van der Waals surface area contributed by atoms with Crippen LogP contribution in [0.5, 0.6) is 0 Å². The Morgan fingerprint density at radius 2 is 1.68 bits per heavy atom. The number of urea groups is 1. The molecular weight excluding hydrogens is 286 g/mol. The summed E-state index contributed by atoms with van der Waals surface area (Å²) >= 11 is 0. The van der Waals surface area contributed by atoms with E-state index in [4.69, 9.17) is 0 Å². The highest BCUT2D eigenvalue weighted by atomic mass is 16.2. The molecule has 7 heteroatoms. The van der Waals surface area contributed by atoms with Crippen molar-refractivity contribution in [3.63, 3.8) is 0 Å². The summed E-state index contributed by atoms with van der Waals surface area (Å²) in [7, 11) is 0. The van der Waals surface area contributed by atoms with Crippen molar-refractivity contribution in [1.29, 1.82) is 0 Å². The fourth-order valence-corrected chi connectivity index (χ4v) is 2.27. The van der Waals surface area contributed by atoms with Gasteiger partial charge in [0.15, 0.2) is 0 Å². The van der Waals surface area contributed by atoms with Crippen LogP contribution in [0.2, 0.25) is 0 Å². The Bertz CT molecular complexity index is 742. The number of carbonyl (C=O) groups is 4. The molecule has 110 valence electrons. The zero-order valence-corrected chi connectivity index (χ0v) is 11.3. The second-order valence-electron chi connectivity index (χ2n) is 4.75. The molecule has 22 heavy (non-hydrogen) atoms. The van der Waals surface area contributed by atoms with Gasteiger partial charge in [-0.15, -0.1) is 0 Å². The minimum absolute atomic E-state index is 0.141. The smallest absolute Gasteiger partial charge is 0.311 e. The zero-order valence-electron chi connectivity index (χ0n) is 11.3. The van der Waals surface area contributed by atoms with Gasteiger partial charge >= 0.3 is 6.03 Å². The topological polar surface area (TPSA) is 95.6 Å². The van der Waals surface area contributed by atoms with E-state index >= 15 is 0 Å². The lowest BCUT2D eigenvalue weighted by molar-refractivity contribution is -0.124. The number of carbonyl (C=O) groups excluding carboxylic acids is 4. The lowest BCUT2D eigenvalue weighted by Crippen LogP contribution is -2.51. The number of fused-ring (bicyclic) bond motifs is 1. The Labute approximate surface area is 125 Å². The van der Waals surface area contributed by atoms with Crippen LogP contribution in [0.25, 0.3) is 0 Å². The summed E-state index contributed by atoms with van der Waals surface area (Å²) < 4.78 is 0. The van der Waals surface area contributed by atoms with Gasteiger partial charge in [-0.1, -0.05) is 18.2 Å². The van der Waals surface area contributed by atoms with Crippen LogP contribution in [0.1, 0.15) is 15.9 Å². The van der Waals surface area contributed by atoms with Gasteiger partial charge in [0.1, 0.15) is 5.57 Å². The van der Waals surface area contributed by atoms with E-state index in [0.29, 0.717) is 12.1 Å². The number of rotatable bonds is 2. The molecule has 0 bridgehead atoms. The van der Waals surface area contributed by atoms with Gasteiger partial charge in [0, 0.05) is 11.8 Å². The van der Waals surface area contributed by atoms with Crippen LogP contribution in [-0.2, 0) is 16.1 Å². The number of nitrogens with zero attached hydrogens (tertiary/aromatic N) is 1. The van der Waals surface area contributed by atoms with E-state index < -0.39 is 17.8 Å². The van der Waals surface area contributed by atoms with Crippen molar-refractivity contribution in [2.75, 3.05) is 0 Å². The quantitative estimate of drug-likeness (QED) is 0.612. The normalized spacial score (nSPS) is 17.6. The fraction of sp³-hybridized carbons (Fsp3) is 0.0667. The Morgan fingerprint density at radius 3 is 2.36 bits per heavy atom. The van der Waals surface area contributed by atoms with E-state index in [0.717, 1.165) is 5.56 Å². The molecule has 5 amide bonds. The molecule has 2 N–H and O–H groups in total. The molecule has 0 saturated carbocycles. The molecule has 0 unspecified atom stereocenters. The first-order valence-electron chi connectivity index (χ1n) is 6.50. The molecule has 0 atom stereocenters. The van der Waals surface area contributed by atoms with Gasteiger partial charge in [-0.05, 0) is 23.8 Å². The maximum atomic E-state index is 12.1. The minimum Gasteiger partial charge on any atom is -0.311 e. The predicted octanol–water partition coefficient (Wildman–Crippen LogP) is 0.448. The van der Waals surface area contributed by atoms with Crippen LogP contribution >= 0.6 is 0 Å². The Kier molecular flexibility index (Phi) is 3.30. The van der Waals surface area contributed by atoms with Crippen molar-refractivity contribution in [3.05, 3.63) is 59.3 Å². The number of hydrogen-bond acceptors (Lipinski definition) is 4. The lowest BCUT2D eigenvalue weighted by Gasteiger charge is -2.13. The third-order valence-electron chi connectivity index (χ3n) is 3.32. The summed E-state index contributed by atoms with van der Waals surface area (Å²) in [6, 6.07) is 6.42. The van der Waals surface area contributed by atoms with Gasteiger partial charge in [0.05, 0.1) is 6.54 Å². The highest BCUT2D eigenvalue weighted by Gasteiger charge is 2.27. The second-order valence-corrected chi connectivity index (χ2v) is 4.75. The summed E-state index contributed by atoms with van der Waals surface area (Å²) in [6.07, 6.45) is 4.17. The number of nitrogens with one attached hydrogen (secondary N) is 2. The maximum absolute atomic E-state index is 12.1. The maximum Gasteiger partial charge on any atom is 0.328 e. The first-order valence-corrected chi connectivity index (χ1v) is 6.50. The third-order valence-corrected chi connectivity index (χ3v) is 3.32. The molecule has 2 heterocycles. The van der Waals surface area contributed by atoms with Crippen molar-refractivity contribution in [2.45, 2.75) is 6.54 Å². The summed E-state index contributed by atoms with van der Waals surface area (Å²) in [5, 5.41) is 3.94. The van der Waals surface area contributed by atoms with Gasteiger partial charge < -0.3 is 4.90 Å². The Hall–Kier alpha value is -3.22. The third kappa shape index (κ3) is 2.39. The van der Waals surface area contributed by atoms with Gasteiger partial charge in [-0.2, -0.15) is 0 Å². The Balaban J connectivity index is 1.75. The summed E-state index contributed by atoms with van der Waals surface area (Å²) in [4.78, 5) is 47.5. The molecular formula is C15H11N3O4.